The van der Waals surface area contributed by atoms with Gasteiger partial charge in [0.25, 0.3) is 0 Å². The molecule has 1 heterocycles. The van der Waals surface area contributed by atoms with Crippen molar-refractivity contribution in [3.63, 3.8) is 0 Å². The van der Waals surface area contributed by atoms with Gasteiger partial charge in [0, 0.05) is 23.3 Å². The van der Waals surface area contributed by atoms with Crippen LogP contribution in [0.25, 0.3) is 0 Å². The van der Waals surface area contributed by atoms with E-state index in [0.717, 1.165) is 10.2 Å². The fraction of sp³-hybridized carbons (Fsp3) is 0.231. The van der Waals surface area contributed by atoms with Crippen LogP contribution in [0.1, 0.15) is 11.4 Å². The van der Waals surface area contributed by atoms with E-state index in [1.807, 2.05) is 25.1 Å². The molecule has 0 saturated heterocycles. The first-order valence-electron chi connectivity index (χ1n) is 5.74. The molecule has 2 rings (SSSR count). The fourth-order valence-corrected chi connectivity index (χ4v) is 1.97. The average molecular weight is 323 g/mol. The van der Waals surface area contributed by atoms with Crippen LogP contribution in [-0.2, 0) is 11.3 Å². The zero-order valence-electron chi connectivity index (χ0n) is 10.8. The summed E-state index contributed by atoms with van der Waals surface area (Å²) in [7, 11) is 1.59. The van der Waals surface area contributed by atoms with Gasteiger partial charge in [-0.2, -0.15) is 0 Å². The smallest absolute Gasteiger partial charge is 0.158 e. The number of benzene rings is 1. The fourth-order valence-electron chi connectivity index (χ4n) is 1.59. The van der Waals surface area contributed by atoms with Gasteiger partial charge in [-0.15, -0.1) is 0 Å². The van der Waals surface area contributed by atoms with Gasteiger partial charge in [0.05, 0.1) is 0 Å². The molecule has 1 aromatic heterocycles. The van der Waals surface area contributed by atoms with Crippen molar-refractivity contribution in [2.45, 2.75) is 13.5 Å². The SMILES string of the molecule is COCc1nc(N)cc(Nc2ccc(C)c(Br)c2)n1. The number of aryl methyl sites for hydroxylation is 1. The maximum absolute atomic E-state index is 5.74. The number of nitrogen functional groups attached to an aromatic ring is 1. The minimum atomic E-state index is 0.331. The first kappa shape index (κ1) is 13.8. The Labute approximate surface area is 120 Å². The third-order valence-corrected chi connectivity index (χ3v) is 3.36. The summed E-state index contributed by atoms with van der Waals surface area (Å²) in [4.78, 5) is 8.42. The van der Waals surface area contributed by atoms with Crippen LogP contribution in [0.15, 0.2) is 28.7 Å². The molecule has 6 heteroatoms. The Kier molecular flexibility index (Phi) is 4.34. The molecule has 19 heavy (non-hydrogen) atoms. The minimum absolute atomic E-state index is 0.331. The number of anilines is 3. The van der Waals surface area contributed by atoms with E-state index in [1.54, 1.807) is 13.2 Å². The maximum Gasteiger partial charge on any atom is 0.158 e. The van der Waals surface area contributed by atoms with Crippen molar-refractivity contribution in [1.82, 2.24) is 9.97 Å². The maximum atomic E-state index is 5.74. The molecule has 3 N–H and O–H groups in total. The molecule has 0 aliphatic heterocycles. The van der Waals surface area contributed by atoms with E-state index in [0.29, 0.717) is 24.1 Å². The Balaban J connectivity index is 2.24. The molecule has 0 atom stereocenters. The number of nitrogens with zero attached hydrogens (tertiary/aromatic N) is 2. The molecule has 2 aromatic rings. The minimum Gasteiger partial charge on any atom is -0.384 e. The number of halogens is 1. The van der Waals surface area contributed by atoms with Crippen molar-refractivity contribution in [3.05, 3.63) is 40.1 Å². The van der Waals surface area contributed by atoms with Crippen molar-refractivity contribution in [3.8, 4) is 0 Å². The number of nitrogens with two attached hydrogens (primary N) is 1. The summed E-state index contributed by atoms with van der Waals surface area (Å²) in [6, 6.07) is 7.68. The van der Waals surface area contributed by atoms with Crippen LogP contribution in [0.4, 0.5) is 17.3 Å². The summed E-state index contributed by atoms with van der Waals surface area (Å²) in [5.74, 6) is 1.61. The number of methoxy groups -OCH3 is 1. The summed E-state index contributed by atoms with van der Waals surface area (Å²) in [5, 5.41) is 3.19. The highest BCUT2D eigenvalue weighted by atomic mass is 79.9. The molecule has 0 aliphatic carbocycles. The lowest BCUT2D eigenvalue weighted by molar-refractivity contribution is 0.178. The molecular formula is C13H15BrN4O. The second-order valence-electron chi connectivity index (χ2n) is 4.12. The first-order chi connectivity index (χ1) is 9.08. The standard InChI is InChI=1S/C13H15BrN4O/c1-8-3-4-9(5-10(8)14)16-12-6-11(15)17-13(18-12)7-19-2/h3-6H,7H2,1-2H3,(H3,15,16,17,18). The van der Waals surface area contributed by atoms with Crippen molar-refractivity contribution in [2.75, 3.05) is 18.2 Å². The lowest BCUT2D eigenvalue weighted by atomic mass is 10.2. The van der Waals surface area contributed by atoms with Crippen LogP contribution in [0.5, 0.6) is 0 Å². The van der Waals surface area contributed by atoms with Gasteiger partial charge < -0.3 is 15.8 Å². The zero-order valence-corrected chi connectivity index (χ0v) is 12.4. The second-order valence-corrected chi connectivity index (χ2v) is 4.97. The summed E-state index contributed by atoms with van der Waals surface area (Å²) in [6.45, 7) is 2.37. The van der Waals surface area contributed by atoms with Crippen LogP contribution in [0.3, 0.4) is 0 Å². The monoisotopic (exact) mass is 322 g/mol. The molecule has 0 spiro atoms. The number of ether oxygens (including phenoxy) is 1. The van der Waals surface area contributed by atoms with Crippen LogP contribution in [-0.4, -0.2) is 17.1 Å². The van der Waals surface area contributed by atoms with Crippen molar-refractivity contribution in [2.24, 2.45) is 0 Å². The van der Waals surface area contributed by atoms with Gasteiger partial charge in [-0.05, 0) is 24.6 Å². The predicted octanol–water partition coefficient (Wildman–Crippen LogP) is 3.02. The van der Waals surface area contributed by atoms with Gasteiger partial charge in [0.15, 0.2) is 5.82 Å². The molecule has 1 aromatic carbocycles. The van der Waals surface area contributed by atoms with Gasteiger partial charge in [-0.1, -0.05) is 22.0 Å². The molecular weight excluding hydrogens is 308 g/mol. The van der Waals surface area contributed by atoms with Gasteiger partial charge in [-0.25, -0.2) is 9.97 Å². The van der Waals surface area contributed by atoms with Crippen molar-refractivity contribution in [1.29, 1.82) is 0 Å². The number of hydrogen-bond acceptors (Lipinski definition) is 5. The van der Waals surface area contributed by atoms with Gasteiger partial charge >= 0.3 is 0 Å². The van der Waals surface area contributed by atoms with Gasteiger partial charge in [0.2, 0.25) is 0 Å². The number of nitrogens with one attached hydrogen (secondary N) is 1. The Hall–Kier alpha value is -1.66. The molecule has 100 valence electrons. The van der Waals surface area contributed by atoms with Crippen LogP contribution < -0.4 is 11.1 Å². The second kappa shape index (κ2) is 5.99. The van der Waals surface area contributed by atoms with E-state index in [1.165, 1.54) is 5.56 Å². The van der Waals surface area contributed by atoms with E-state index >= 15 is 0 Å². The molecule has 0 bridgehead atoms. The molecule has 0 unspecified atom stereocenters. The Morgan fingerprint density at radius 1 is 1.32 bits per heavy atom. The van der Waals surface area contributed by atoms with Gasteiger partial charge in [-0.3, -0.25) is 0 Å². The average Bonchev–Trinajstić information content (AvgIpc) is 2.33. The molecule has 0 saturated carbocycles. The first-order valence-corrected chi connectivity index (χ1v) is 6.53. The topological polar surface area (TPSA) is 73.1 Å². The van der Waals surface area contributed by atoms with Crippen molar-refractivity contribution < 1.29 is 4.74 Å². The highest BCUT2D eigenvalue weighted by molar-refractivity contribution is 9.10. The van der Waals surface area contributed by atoms with E-state index < -0.39 is 0 Å². The van der Waals surface area contributed by atoms with Crippen LogP contribution in [0.2, 0.25) is 0 Å². The normalized spacial score (nSPS) is 10.5. The Morgan fingerprint density at radius 2 is 2.11 bits per heavy atom. The van der Waals surface area contributed by atoms with Crippen LogP contribution >= 0.6 is 15.9 Å². The summed E-state index contributed by atoms with van der Waals surface area (Å²) in [6.07, 6.45) is 0. The molecule has 0 radical (unpaired) electrons. The summed E-state index contributed by atoms with van der Waals surface area (Å²) in [5.41, 5.74) is 7.84. The Morgan fingerprint density at radius 3 is 2.79 bits per heavy atom. The summed E-state index contributed by atoms with van der Waals surface area (Å²) < 4.78 is 6.05. The quantitative estimate of drug-likeness (QED) is 0.905. The summed E-state index contributed by atoms with van der Waals surface area (Å²) >= 11 is 3.50. The highest BCUT2D eigenvalue weighted by Crippen LogP contribution is 2.23. The van der Waals surface area contributed by atoms with E-state index in [2.05, 4.69) is 31.2 Å². The third-order valence-electron chi connectivity index (χ3n) is 2.51. The Bertz CT molecular complexity index is 589. The van der Waals surface area contributed by atoms with E-state index in [4.69, 9.17) is 10.5 Å². The van der Waals surface area contributed by atoms with Crippen LogP contribution in [0, 0.1) is 6.92 Å². The molecule has 0 aliphatic rings. The number of rotatable bonds is 4. The third kappa shape index (κ3) is 3.65. The highest BCUT2D eigenvalue weighted by Gasteiger charge is 2.04. The van der Waals surface area contributed by atoms with Crippen molar-refractivity contribution >= 4 is 33.3 Å². The largest absolute Gasteiger partial charge is 0.384 e. The number of hydrogen-bond donors (Lipinski definition) is 2. The number of aromatic nitrogens is 2. The molecule has 0 fully saturated rings. The lowest BCUT2D eigenvalue weighted by Gasteiger charge is -2.09. The van der Waals surface area contributed by atoms with Gasteiger partial charge in [0.1, 0.15) is 18.2 Å². The zero-order chi connectivity index (χ0) is 13.8. The molecule has 0 amide bonds. The predicted molar refractivity (Wildman–Crippen MR) is 79.3 cm³/mol. The van der Waals surface area contributed by atoms with E-state index in [-0.39, 0.29) is 0 Å². The lowest BCUT2D eigenvalue weighted by Crippen LogP contribution is -2.04. The van der Waals surface area contributed by atoms with E-state index in [9.17, 15) is 0 Å². The molecule has 5 nitrogen and oxygen atoms in total.